The largest absolute Gasteiger partial charge is 0.497 e. The molecule has 0 spiro atoms. The number of hydrogen-bond acceptors (Lipinski definition) is 2. The number of hydrogen-bond donors (Lipinski definition) is 1. The van der Waals surface area contributed by atoms with Crippen LogP contribution >= 0.6 is 0 Å². The van der Waals surface area contributed by atoms with E-state index in [1.165, 1.54) is 0 Å². The second-order valence-electron chi connectivity index (χ2n) is 4.27. The fourth-order valence-electron chi connectivity index (χ4n) is 1.77. The van der Waals surface area contributed by atoms with Crippen LogP contribution in [0.1, 0.15) is 31.2 Å². The summed E-state index contributed by atoms with van der Waals surface area (Å²) in [6.45, 7) is 0. The monoisotopic (exact) mass is 294 g/mol. The Kier molecular flexibility index (Phi) is 5.35. The minimum atomic E-state index is -3.70. The first-order valence-corrected chi connectivity index (χ1v) is 5.91. The first-order chi connectivity index (χ1) is 9.27. The van der Waals surface area contributed by atoms with Crippen molar-refractivity contribution in [2.75, 3.05) is 7.11 Å². The lowest BCUT2D eigenvalue weighted by atomic mass is 10.0. The average Bonchev–Trinajstić information content (AvgIpc) is 2.33. The van der Waals surface area contributed by atoms with Crippen molar-refractivity contribution in [3.8, 4) is 5.75 Å². The van der Waals surface area contributed by atoms with Gasteiger partial charge < -0.3 is 9.84 Å². The zero-order valence-electron chi connectivity index (χ0n) is 10.8. The molecule has 7 heteroatoms. The van der Waals surface area contributed by atoms with Crippen molar-refractivity contribution in [3.63, 3.8) is 0 Å². The molecule has 0 saturated carbocycles. The highest BCUT2D eigenvalue weighted by Crippen LogP contribution is 2.38. The van der Waals surface area contributed by atoms with E-state index < -0.39 is 35.5 Å². The van der Waals surface area contributed by atoms with E-state index in [1.54, 1.807) is 0 Å². The Morgan fingerprint density at radius 3 is 2.25 bits per heavy atom. The van der Waals surface area contributed by atoms with Gasteiger partial charge in [0.05, 0.1) is 12.7 Å². The fraction of sp³-hybridized carbons (Fsp3) is 0.462. The number of carbonyl (C=O) groups is 1. The molecule has 0 bridgehead atoms. The van der Waals surface area contributed by atoms with Crippen molar-refractivity contribution >= 4 is 5.97 Å². The topological polar surface area (TPSA) is 46.5 Å². The van der Waals surface area contributed by atoms with E-state index in [0.717, 1.165) is 7.11 Å². The zero-order valence-corrected chi connectivity index (χ0v) is 10.8. The summed E-state index contributed by atoms with van der Waals surface area (Å²) in [5.41, 5.74) is -1.31. The number of aliphatic carboxylic acids is 1. The number of ether oxygens (including phenoxy) is 1. The molecular formula is C13H14F4O3. The molecule has 0 saturated heterocycles. The van der Waals surface area contributed by atoms with Crippen LogP contribution in [0.3, 0.4) is 0 Å². The Morgan fingerprint density at radius 2 is 1.80 bits per heavy atom. The van der Waals surface area contributed by atoms with Crippen LogP contribution in [-0.4, -0.2) is 18.2 Å². The van der Waals surface area contributed by atoms with Gasteiger partial charge in [0.25, 0.3) is 5.92 Å². The molecular weight excluding hydrogens is 280 g/mol. The molecule has 0 aliphatic carbocycles. The predicted octanol–water partition coefficient (Wildman–Crippen LogP) is 3.71. The lowest BCUT2D eigenvalue weighted by molar-refractivity contribution is -0.137. The molecule has 0 aromatic heterocycles. The summed E-state index contributed by atoms with van der Waals surface area (Å²) in [6.07, 6.45) is -1.21. The Bertz CT molecular complexity index is 465. The average molecular weight is 294 g/mol. The van der Waals surface area contributed by atoms with Crippen molar-refractivity contribution in [3.05, 3.63) is 29.3 Å². The molecule has 1 N–H and O–H groups in total. The normalized spacial score (nSPS) is 11.4. The molecule has 0 unspecified atom stereocenters. The van der Waals surface area contributed by atoms with Gasteiger partial charge in [-0.1, -0.05) is 0 Å². The Balaban J connectivity index is 2.83. The van der Waals surface area contributed by atoms with Gasteiger partial charge >= 0.3 is 5.97 Å². The molecule has 0 radical (unpaired) electrons. The van der Waals surface area contributed by atoms with Crippen molar-refractivity contribution in [2.45, 2.75) is 31.6 Å². The van der Waals surface area contributed by atoms with Crippen LogP contribution in [0.25, 0.3) is 0 Å². The van der Waals surface area contributed by atoms with Crippen LogP contribution in [0.4, 0.5) is 17.6 Å². The third-order valence-electron chi connectivity index (χ3n) is 2.75. The second-order valence-corrected chi connectivity index (χ2v) is 4.27. The number of carboxylic acid groups (broad SMARTS) is 1. The van der Waals surface area contributed by atoms with Crippen LogP contribution < -0.4 is 4.74 Å². The van der Waals surface area contributed by atoms with E-state index >= 15 is 0 Å². The number of benzene rings is 1. The molecule has 0 atom stereocenters. The first-order valence-electron chi connectivity index (χ1n) is 5.91. The van der Waals surface area contributed by atoms with E-state index in [0.29, 0.717) is 12.1 Å². The summed E-state index contributed by atoms with van der Waals surface area (Å²) < 4.78 is 59.2. The number of carboxylic acids is 1. The highest BCUT2D eigenvalue weighted by atomic mass is 19.3. The third kappa shape index (κ3) is 4.11. The summed E-state index contributed by atoms with van der Waals surface area (Å²) in [5.74, 6) is -7.76. The van der Waals surface area contributed by atoms with Crippen LogP contribution in [0, 0.1) is 11.6 Å². The minimum absolute atomic E-state index is 0.0182. The molecule has 20 heavy (non-hydrogen) atoms. The van der Waals surface area contributed by atoms with E-state index in [2.05, 4.69) is 4.74 Å². The molecule has 0 aliphatic rings. The van der Waals surface area contributed by atoms with Crippen LogP contribution in [-0.2, 0) is 10.7 Å². The third-order valence-corrected chi connectivity index (χ3v) is 2.75. The van der Waals surface area contributed by atoms with Crippen LogP contribution in [0.15, 0.2) is 12.1 Å². The van der Waals surface area contributed by atoms with Gasteiger partial charge in [0.15, 0.2) is 0 Å². The lowest BCUT2D eigenvalue weighted by Crippen LogP contribution is -2.18. The van der Waals surface area contributed by atoms with Gasteiger partial charge in [-0.3, -0.25) is 4.79 Å². The van der Waals surface area contributed by atoms with Gasteiger partial charge in [-0.2, -0.15) is 0 Å². The molecule has 1 aromatic rings. The number of methoxy groups -OCH3 is 1. The van der Waals surface area contributed by atoms with E-state index in [-0.39, 0.29) is 25.0 Å². The molecule has 112 valence electrons. The van der Waals surface area contributed by atoms with Gasteiger partial charge in [0.1, 0.15) is 17.4 Å². The molecule has 0 amide bonds. The first kappa shape index (κ1) is 16.3. The maximum Gasteiger partial charge on any atom is 0.303 e. The smallest absolute Gasteiger partial charge is 0.303 e. The summed E-state index contributed by atoms with van der Waals surface area (Å²) in [4.78, 5) is 10.3. The van der Waals surface area contributed by atoms with Crippen LogP contribution in [0.5, 0.6) is 5.75 Å². The quantitative estimate of drug-likeness (QED) is 0.616. The molecule has 0 fully saturated rings. The van der Waals surface area contributed by atoms with Crippen molar-refractivity contribution in [2.24, 2.45) is 0 Å². The van der Waals surface area contributed by atoms with Crippen molar-refractivity contribution in [1.29, 1.82) is 0 Å². The Morgan fingerprint density at radius 1 is 1.25 bits per heavy atom. The predicted molar refractivity (Wildman–Crippen MR) is 62.9 cm³/mol. The number of alkyl halides is 2. The molecule has 1 rings (SSSR count). The fourth-order valence-corrected chi connectivity index (χ4v) is 1.77. The van der Waals surface area contributed by atoms with Crippen molar-refractivity contribution < 1.29 is 32.2 Å². The number of halogens is 4. The van der Waals surface area contributed by atoms with Gasteiger partial charge in [-0.05, 0) is 12.8 Å². The summed E-state index contributed by atoms with van der Waals surface area (Å²) in [7, 11) is 1.16. The molecule has 3 nitrogen and oxygen atoms in total. The maximum absolute atomic E-state index is 13.8. The molecule has 1 aromatic carbocycles. The second kappa shape index (κ2) is 6.58. The Labute approximate surface area is 113 Å². The lowest BCUT2D eigenvalue weighted by Gasteiger charge is -2.18. The SMILES string of the molecule is COc1cc(F)c(C(F)(F)CCCCC(=O)O)c(F)c1. The highest BCUT2D eigenvalue weighted by Gasteiger charge is 2.37. The van der Waals surface area contributed by atoms with Gasteiger partial charge in [-0.25, -0.2) is 17.6 Å². The minimum Gasteiger partial charge on any atom is -0.497 e. The highest BCUT2D eigenvalue weighted by molar-refractivity contribution is 5.66. The van der Waals surface area contributed by atoms with E-state index in [4.69, 9.17) is 5.11 Å². The van der Waals surface area contributed by atoms with Crippen molar-refractivity contribution in [1.82, 2.24) is 0 Å². The van der Waals surface area contributed by atoms with Gasteiger partial charge in [-0.15, -0.1) is 0 Å². The zero-order chi connectivity index (χ0) is 15.3. The van der Waals surface area contributed by atoms with E-state index in [9.17, 15) is 22.4 Å². The molecule has 0 heterocycles. The van der Waals surface area contributed by atoms with Gasteiger partial charge in [0.2, 0.25) is 0 Å². The van der Waals surface area contributed by atoms with Crippen LogP contribution in [0.2, 0.25) is 0 Å². The van der Waals surface area contributed by atoms with E-state index in [1.807, 2.05) is 0 Å². The maximum atomic E-state index is 13.8. The molecule has 0 aliphatic heterocycles. The number of unbranched alkanes of at least 4 members (excludes halogenated alkanes) is 1. The van der Waals surface area contributed by atoms with Gasteiger partial charge in [0, 0.05) is 25.0 Å². The summed E-state index contributed by atoms with van der Waals surface area (Å²) >= 11 is 0. The summed E-state index contributed by atoms with van der Waals surface area (Å²) in [6, 6.07) is 1.37. The standard InChI is InChI=1S/C13H14F4O3/c1-20-8-6-9(14)12(10(15)7-8)13(16,17)5-3-2-4-11(18)19/h6-7H,2-5H2,1H3,(H,18,19). The number of rotatable bonds is 7. The summed E-state index contributed by atoms with van der Waals surface area (Å²) in [5, 5.41) is 8.38. The Hall–Kier alpha value is -1.79.